The third-order valence-electron chi connectivity index (χ3n) is 4.87. The highest BCUT2D eigenvalue weighted by Gasteiger charge is 2.12. The van der Waals surface area contributed by atoms with Crippen LogP contribution in [0.1, 0.15) is 5.56 Å². The van der Waals surface area contributed by atoms with Crippen molar-refractivity contribution >= 4 is 28.6 Å². The molecule has 0 aliphatic rings. The third-order valence-corrected chi connectivity index (χ3v) is 4.87. The van der Waals surface area contributed by atoms with Crippen LogP contribution in [0, 0.1) is 12.7 Å². The van der Waals surface area contributed by atoms with Gasteiger partial charge in [0, 0.05) is 41.0 Å². The molecule has 0 atom stereocenters. The fourth-order valence-corrected chi connectivity index (χ4v) is 3.27. The van der Waals surface area contributed by atoms with Gasteiger partial charge in [-0.1, -0.05) is 18.2 Å². The number of hydrogen-bond donors (Lipinski definition) is 2. The van der Waals surface area contributed by atoms with Gasteiger partial charge < -0.3 is 9.73 Å². The molecule has 2 aromatic carbocycles. The monoisotopic (exact) mass is 428 g/mol. The number of halogens is 1. The van der Waals surface area contributed by atoms with Crippen LogP contribution >= 0.6 is 0 Å². The highest BCUT2D eigenvalue weighted by molar-refractivity contribution is 5.73. The van der Waals surface area contributed by atoms with Crippen LogP contribution in [0.4, 0.5) is 21.8 Å². The Morgan fingerprint density at radius 1 is 1.06 bits per heavy atom. The maximum Gasteiger partial charge on any atom is 0.439 e. The molecule has 0 amide bonds. The van der Waals surface area contributed by atoms with E-state index in [1.54, 1.807) is 67.1 Å². The number of pyridine rings is 1. The van der Waals surface area contributed by atoms with Crippen LogP contribution in [-0.2, 0) is 0 Å². The van der Waals surface area contributed by atoms with E-state index in [2.05, 4.69) is 25.7 Å². The van der Waals surface area contributed by atoms with Crippen LogP contribution in [-0.4, -0.2) is 19.6 Å². The van der Waals surface area contributed by atoms with E-state index in [-0.39, 0.29) is 5.95 Å². The molecular formula is C23H17FN6O2. The van der Waals surface area contributed by atoms with Gasteiger partial charge in [0.15, 0.2) is 11.4 Å². The van der Waals surface area contributed by atoms with Gasteiger partial charge in [0.2, 0.25) is 5.95 Å². The summed E-state index contributed by atoms with van der Waals surface area (Å²) < 4.78 is 21.2. The zero-order valence-corrected chi connectivity index (χ0v) is 16.9. The van der Waals surface area contributed by atoms with E-state index in [0.717, 1.165) is 0 Å². The van der Waals surface area contributed by atoms with Gasteiger partial charge in [-0.2, -0.15) is 9.66 Å². The van der Waals surface area contributed by atoms with Gasteiger partial charge in [0.25, 0.3) is 0 Å². The minimum atomic E-state index is -0.563. The Labute approximate surface area is 181 Å². The summed E-state index contributed by atoms with van der Waals surface area (Å²) >= 11 is 0. The number of nitrogens with one attached hydrogen (secondary N) is 2. The predicted octanol–water partition coefficient (Wildman–Crippen LogP) is 4.51. The lowest BCUT2D eigenvalue weighted by molar-refractivity contribution is 0.532. The average molecular weight is 428 g/mol. The molecule has 0 aliphatic heterocycles. The van der Waals surface area contributed by atoms with Crippen LogP contribution in [0.2, 0.25) is 0 Å². The fraction of sp³-hybridized carbons (Fsp3) is 0.0435. The second-order valence-electron chi connectivity index (χ2n) is 7.07. The smallest absolute Gasteiger partial charge is 0.406 e. The summed E-state index contributed by atoms with van der Waals surface area (Å²) in [5.41, 5.74) is 6.34. The number of rotatable bonds is 5. The Morgan fingerprint density at radius 2 is 1.94 bits per heavy atom. The fourth-order valence-electron chi connectivity index (χ4n) is 3.27. The van der Waals surface area contributed by atoms with E-state index in [1.807, 2.05) is 6.92 Å². The van der Waals surface area contributed by atoms with Crippen molar-refractivity contribution in [3.05, 3.63) is 95.1 Å². The molecule has 0 saturated heterocycles. The SMILES string of the molecule is Cc1cnc(Nc2ccc(-c3cccnc3)c(F)c2)nc1Nn1c(=O)oc2ccccc21. The summed E-state index contributed by atoms with van der Waals surface area (Å²) in [6.07, 6.45) is 4.84. The van der Waals surface area contributed by atoms with E-state index in [4.69, 9.17) is 4.42 Å². The number of anilines is 3. The molecule has 158 valence electrons. The summed E-state index contributed by atoms with van der Waals surface area (Å²) in [6, 6.07) is 15.4. The molecule has 0 unspecified atom stereocenters. The highest BCUT2D eigenvalue weighted by atomic mass is 19.1. The van der Waals surface area contributed by atoms with E-state index in [9.17, 15) is 9.18 Å². The molecule has 5 aromatic rings. The maximum absolute atomic E-state index is 14.7. The van der Waals surface area contributed by atoms with Crippen molar-refractivity contribution in [3.8, 4) is 11.1 Å². The third kappa shape index (κ3) is 3.67. The number of hydrogen-bond acceptors (Lipinski definition) is 7. The van der Waals surface area contributed by atoms with Gasteiger partial charge in [0.1, 0.15) is 11.3 Å². The van der Waals surface area contributed by atoms with Crippen molar-refractivity contribution in [2.24, 2.45) is 0 Å². The topological polar surface area (TPSA) is 97.9 Å². The molecule has 5 rings (SSSR count). The normalized spacial score (nSPS) is 10.9. The first-order chi connectivity index (χ1) is 15.6. The number of para-hydroxylation sites is 2. The largest absolute Gasteiger partial charge is 0.439 e. The minimum absolute atomic E-state index is 0.243. The molecule has 3 heterocycles. The quantitative estimate of drug-likeness (QED) is 0.425. The lowest BCUT2D eigenvalue weighted by Gasteiger charge is -2.12. The molecule has 0 saturated carbocycles. The van der Waals surface area contributed by atoms with E-state index in [0.29, 0.717) is 39.3 Å². The molecule has 3 aromatic heterocycles. The van der Waals surface area contributed by atoms with Crippen LogP contribution < -0.4 is 16.5 Å². The van der Waals surface area contributed by atoms with E-state index in [1.165, 1.54) is 10.7 Å². The lowest BCUT2D eigenvalue weighted by Crippen LogP contribution is -2.23. The molecule has 0 radical (unpaired) electrons. The van der Waals surface area contributed by atoms with Crippen molar-refractivity contribution in [2.45, 2.75) is 6.92 Å². The van der Waals surface area contributed by atoms with Gasteiger partial charge in [-0.3, -0.25) is 10.4 Å². The van der Waals surface area contributed by atoms with Crippen molar-refractivity contribution in [2.75, 3.05) is 10.7 Å². The molecular weight excluding hydrogens is 411 g/mol. The van der Waals surface area contributed by atoms with Crippen molar-refractivity contribution < 1.29 is 8.81 Å². The number of nitrogens with zero attached hydrogens (tertiary/aromatic N) is 4. The number of aryl methyl sites for hydroxylation is 1. The Kier molecular flexibility index (Phi) is 4.83. The van der Waals surface area contributed by atoms with Crippen molar-refractivity contribution in [1.82, 2.24) is 19.6 Å². The first-order valence-corrected chi connectivity index (χ1v) is 9.77. The number of fused-ring (bicyclic) bond motifs is 1. The Morgan fingerprint density at radius 3 is 2.75 bits per heavy atom. The highest BCUT2D eigenvalue weighted by Crippen LogP contribution is 2.26. The molecule has 0 spiro atoms. The van der Waals surface area contributed by atoms with Gasteiger partial charge in [-0.15, -0.1) is 0 Å². The Hall–Kier alpha value is -4.53. The van der Waals surface area contributed by atoms with Crippen LogP contribution in [0.5, 0.6) is 0 Å². The van der Waals surface area contributed by atoms with Gasteiger partial charge in [-0.25, -0.2) is 14.2 Å². The van der Waals surface area contributed by atoms with Gasteiger partial charge in [-0.05, 0) is 43.3 Å². The summed E-state index contributed by atoms with van der Waals surface area (Å²) in [7, 11) is 0. The summed E-state index contributed by atoms with van der Waals surface area (Å²) in [5.74, 6) is -0.312. The molecule has 9 heteroatoms. The Balaban J connectivity index is 1.42. The van der Waals surface area contributed by atoms with Crippen molar-refractivity contribution in [1.29, 1.82) is 0 Å². The Bertz CT molecular complexity index is 1480. The molecule has 2 N–H and O–H groups in total. The molecule has 0 fully saturated rings. The minimum Gasteiger partial charge on any atom is -0.406 e. The van der Waals surface area contributed by atoms with Gasteiger partial charge >= 0.3 is 5.76 Å². The van der Waals surface area contributed by atoms with Crippen LogP contribution in [0.25, 0.3) is 22.2 Å². The first-order valence-electron chi connectivity index (χ1n) is 9.77. The molecule has 8 nitrogen and oxygen atoms in total. The predicted molar refractivity (Wildman–Crippen MR) is 119 cm³/mol. The number of benzene rings is 2. The summed E-state index contributed by atoms with van der Waals surface area (Å²) in [5, 5.41) is 2.99. The average Bonchev–Trinajstić information content (AvgIpc) is 3.12. The zero-order chi connectivity index (χ0) is 22.1. The first kappa shape index (κ1) is 19.4. The molecule has 0 bridgehead atoms. The summed E-state index contributed by atoms with van der Waals surface area (Å²) in [6.45, 7) is 1.81. The van der Waals surface area contributed by atoms with Crippen LogP contribution in [0.3, 0.4) is 0 Å². The molecule has 32 heavy (non-hydrogen) atoms. The lowest BCUT2D eigenvalue weighted by atomic mass is 10.1. The second kappa shape index (κ2) is 7.95. The zero-order valence-electron chi connectivity index (χ0n) is 16.9. The van der Waals surface area contributed by atoms with Gasteiger partial charge in [0.05, 0.1) is 0 Å². The van der Waals surface area contributed by atoms with E-state index >= 15 is 0 Å². The summed E-state index contributed by atoms with van der Waals surface area (Å²) in [4.78, 5) is 25.0. The standard InChI is InChI=1S/C23H17FN6O2/c1-14-12-26-22(27-16-8-9-17(18(24)11-16)15-5-4-10-25-13-15)28-21(14)29-30-19-6-2-3-7-20(19)32-23(30)31/h2-13H,1H3,(H2,26,27,28,29). The van der Waals surface area contributed by atoms with E-state index < -0.39 is 11.6 Å². The maximum atomic E-state index is 14.7. The van der Waals surface area contributed by atoms with Crippen molar-refractivity contribution in [3.63, 3.8) is 0 Å². The number of oxazole rings is 1. The molecule has 0 aliphatic carbocycles. The van der Waals surface area contributed by atoms with Crippen LogP contribution in [0.15, 0.2) is 82.4 Å². The second-order valence-corrected chi connectivity index (χ2v) is 7.07. The number of aromatic nitrogens is 4.